The second kappa shape index (κ2) is 35.8. The maximum Gasteiger partial charge on any atom is 0.116 e. The van der Waals surface area contributed by atoms with Gasteiger partial charge in [0.1, 0.15) is 6.29 Å². The molecule has 47 heavy (non-hydrogen) atoms. The molecule has 0 aromatic heterocycles. The van der Waals surface area contributed by atoms with Gasteiger partial charge in [-0.1, -0.05) is 63.1 Å². The van der Waals surface area contributed by atoms with Crippen molar-refractivity contribution < 1.29 is 79.6 Å². The average molecular weight is 829 g/mol. The Bertz CT molecular complexity index is 1020. The van der Waals surface area contributed by atoms with Gasteiger partial charge in [0, 0.05) is 105 Å². The average Bonchev–Trinajstić information content (AvgIpc) is 3.03. The number of amides is 1. The van der Waals surface area contributed by atoms with E-state index in [1.165, 1.54) is 24.6 Å². The van der Waals surface area contributed by atoms with Crippen molar-refractivity contribution in [2.75, 3.05) is 46.5 Å². The van der Waals surface area contributed by atoms with Crippen LogP contribution in [0, 0.1) is 13.8 Å². The van der Waals surface area contributed by atoms with Crippen LogP contribution in [-0.2, 0) is 80.8 Å². The number of likely N-dealkylation sites (N-methyl/N-ethyl adjacent to an activating group) is 1. The molecule has 0 saturated heterocycles. The summed E-state index contributed by atoms with van der Waals surface area (Å²) >= 11 is 0. The third-order valence-electron chi connectivity index (χ3n) is 6.16. The number of allylic oxidation sites excluding steroid dienone is 2. The molecule has 2 aliphatic rings. The van der Waals surface area contributed by atoms with Crippen molar-refractivity contribution in [2.45, 2.75) is 72.8 Å². The number of unbranched alkanes of at least 4 members (excludes halogenated alkanes) is 2. The van der Waals surface area contributed by atoms with Crippen LogP contribution in [0.3, 0.4) is 0 Å². The van der Waals surface area contributed by atoms with Crippen LogP contribution in [0.2, 0.25) is 0 Å². The first-order valence-corrected chi connectivity index (χ1v) is 15.6. The Morgan fingerprint density at radius 3 is 2.30 bits per heavy atom. The Kier molecular flexibility index (Phi) is 39.8. The Labute approximate surface area is 325 Å². The SMILES string of the molecule is CC=O.CCCCCOO.CN1Cc2ccccc2/C(N(N)CC[NH-])=C(/N)C2=CCCC=C21.[Ag].[CH2-]C.[CH2-]C(=O)NCCOCCC.[Y]. The zero-order valence-corrected chi connectivity index (χ0v) is 33.5. The number of hydrogen-bond acceptors (Lipinski definition) is 9. The number of nitrogens with two attached hydrogens (primary N) is 2. The number of ether oxygens (including phenoxy) is 1. The largest absolute Gasteiger partial charge is 0.676 e. The standard InChI is InChI=1S/C18H24N5.C7H14NO2.C5H12O2.C2H4O.C2H5.Ag.Y/c1-22-12-13-6-2-3-7-14(13)18(23(21)11-10-19)17(20)15-8-4-5-9-16(15)22;1-3-5-10-6-4-8-7(2)9;1-2-3-4-5-7-6;1-2-3;1-2;;/h2-3,6-9,19H,4-5,10-12,20-21H2,1H3;2-6H2,1H3,(H,8,9);6H,2-5H2,1H3;2H,1H3;1H2,2H3;;/q2*-1;;;-1;;/b18-17-;;;;;;. The predicted octanol–water partition coefficient (Wildman–Crippen LogP) is 5.66. The van der Waals surface area contributed by atoms with Crippen LogP contribution in [0.25, 0.3) is 11.4 Å². The molecule has 1 aromatic rings. The molecular weight excluding hydrogens is 769 g/mol. The van der Waals surface area contributed by atoms with E-state index in [1.54, 1.807) is 11.9 Å². The zero-order chi connectivity index (χ0) is 34.5. The molecule has 1 aliphatic carbocycles. The third-order valence-corrected chi connectivity index (χ3v) is 6.16. The minimum Gasteiger partial charge on any atom is -0.676 e. The van der Waals surface area contributed by atoms with E-state index in [0.717, 1.165) is 68.4 Å². The van der Waals surface area contributed by atoms with E-state index < -0.39 is 0 Å². The summed E-state index contributed by atoms with van der Waals surface area (Å²) in [5.74, 6) is 6.01. The van der Waals surface area contributed by atoms with Gasteiger partial charge >= 0.3 is 0 Å². The fourth-order valence-corrected chi connectivity index (χ4v) is 4.24. The molecular formula is C34H59AgN6O5Y-3. The summed E-state index contributed by atoms with van der Waals surface area (Å²) in [5, 5.41) is 11.9. The summed E-state index contributed by atoms with van der Waals surface area (Å²) in [6.07, 6.45) is 11.5. The number of benzene rings is 1. The van der Waals surface area contributed by atoms with Crippen LogP contribution in [0.5, 0.6) is 0 Å². The maximum absolute atomic E-state index is 10.2. The molecule has 0 atom stereocenters. The van der Waals surface area contributed by atoms with E-state index in [4.69, 9.17) is 32.1 Å². The number of rotatable bonds is 12. The van der Waals surface area contributed by atoms with Crippen LogP contribution in [0.1, 0.15) is 77.3 Å². The fourth-order valence-electron chi connectivity index (χ4n) is 4.24. The van der Waals surface area contributed by atoms with E-state index in [-0.39, 0.29) is 67.5 Å². The number of fused-ring (bicyclic) bond motifs is 2. The van der Waals surface area contributed by atoms with Crippen molar-refractivity contribution in [3.8, 4) is 0 Å². The first-order chi connectivity index (χ1) is 21.7. The Balaban J connectivity index is -0.000000323. The molecule has 13 heteroatoms. The first-order valence-electron chi connectivity index (χ1n) is 15.6. The molecule has 0 bridgehead atoms. The summed E-state index contributed by atoms with van der Waals surface area (Å²) in [6.45, 7) is 17.6. The quantitative estimate of drug-likeness (QED) is 0.0396. The zero-order valence-electron chi connectivity index (χ0n) is 29.2. The Hall–Kier alpha value is -1.51. The molecule has 1 amide bonds. The molecule has 0 fully saturated rings. The van der Waals surface area contributed by atoms with Crippen LogP contribution in [0.15, 0.2) is 53.4 Å². The number of carbonyl (C=O) groups excluding carboxylic acids is 2. The summed E-state index contributed by atoms with van der Waals surface area (Å²) in [7, 11) is 2.10. The number of nitrogens with zero attached hydrogens (tertiary/aromatic N) is 2. The number of carbonyl (C=O) groups is 2. The van der Waals surface area contributed by atoms with Crippen molar-refractivity contribution in [3.05, 3.63) is 84.1 Å². The van der Waals surface area contributed by atoms with Gasteiger partial charge in [-0.25, -0.2) is 10.7 Å². The topological polar surface area (TPSA) is 167 Å². The molecule has 3 rings (SSSR count). The van der Waals surface area contributed by atoms with Gasteiger partial charge in [0.15, 0.2) is 0 Å². The first kappa shape index (κ1) is 52.3. The molecule has 11 nitrogen and oxygen atoms in total. The van der Waals surface area contributed by atoms with Crippen molar-refractivity contribution in [1.29, 1.82) is 0 Å². The minimum absolute atomic E-state index is 0. The van der Waals surface area contributed by atoms with E-state index in [1.807, 2.05) is 19.1 Å². The Morgan fingerprint density at radius 1 is 1.13 bits per heavy atom. The smallest absolute Gasteiger partial charge is 0.116 e. The van der Waals surface area contributed by atoms with E-state index in [9.17, 15) is 4.79 Å². The van der Waals surface area contributed by atoms with Gasteiger partial charge in [0.25, 0.3) is 0 Å². The van der Waals surface area contributed by atoms with E-state index in [2.05, 4.69) is 67.2 Å². The molecule has 0 saturated carbocycles. The van der Waals surface area contributed by atoms with E-state index >= 15 is 0 Å². The van der Waals surface area contributed by atoms with Gasteiger partial charge in [0.05, 0.1) is 30.5 Å². The summed E-state index contributed by atoms with van der Waals surface area (Å²) in [4.78, 5) is 25.1. The van der Waals surface area contributed by atoms with Gasteiger partial charge in [-0.3, -0.25) is 5.26 Å². The number of aldehydes is 1. The van der Waals surface area contributed by atoms with Crippen molar-refractivity contribution in [1.82, 2.24) is 15.2 Å². The number of nitrogens with one attached hydrogen (secondary N) is 2. The summed E-state index contributed by atoms with van der Waals surface area (Å²) in [5.41, 5.74) is 20.1. The number of hydrazine groups is 1. The van der Waals surface area contributed by atoms with Crippen LogP contribution >= 0.6 is 0 Å². The van der Waals surface area contributed by atoms with Gasteiger partial charge in [-0.15, -0.1) is 6.54 Å². The molecule has 0 spiro atoms. The monoisotopic (exact) mass is 827 g/mol. The van der Waals surface area contributed by atoms with Crippen LogP contribution < -0.4 is 16.9 Å². The number of hydrogen-bond donors (Lipinski definition) is 4. The van der Waals surface area contributed by atoms with E-state index in [0.29, 0.717) is 32.0 Å². The summed E-state index contributed by atoms with van der Waals surface area (Å²) in [6, 6.07) is 8.23. The molecule has 7 N–H and O–H groups in total. The molecule has 1 aromatic carbocycles. The molecule has 1 aliphatic heterocycles. The third kappa shape index (κ3) is 23.5. The van der Waals surface area contributed by atoms with Gasteiger partial charge in [0.2, 0.25) is 0 Å². The molecule has 272 valence electrons. The normalized spacial score (nSPS) is 13.9. The molecule has 1 heterocycles. The minimum atomic E-state index is -0.250. The fraction of sp³-hybridized carbons (Fsp3) is 0.529. The Morgan fingerprint density at radius 2 is 1.74 bits per heavy atom. The van der Waals surface area contributed by atoms with Crippen molar-refractivity contribution in [2.24, 2.45) is 11.6 Å². The van der Waals surface area contributed by atoms with Gasteiger partial charge < -0.3 is 54.9 Å². The van der Waals surface area contributed by atoms with Crippen molar-refractivity contribution in [3.63, 3.8) is 0 Å². The maximum atomic E-state index is 10.2. The second-order valence-corrected chi connectivity index (χ2v) is 9.74. The second-order valence-electron chi connectivity index (χ2n) is 9.74. The summed E-state index contributed by atoms with van der Waals surface area (Å²) < 4.78 is 5.09. The molecule has 0 unspecified atom stereocenters. The van der Waals surface area contributed by atoms with Crippen LogP contribution in [0.4, 0.5) is 0 Å². The van der Waals surface area contributed by atoms with Gasteiger partial charge in [-0.05, 0) is 38.2 Å². The van der Waals surface area contributed by atoms with Gasteiger partial charge in [-0.2, -0.15) is 6.92 Å². The van der Waals surface area contributed by atoms with Crippen molar-refractivity contribution >= 4 is 17.9 Å². The van der Waals surface area contributed by atoms with Crippen LogP contribution in [-0.4, -0.2) is 73.9 Å². The predicted molar refractivity (Wildman–Crippen MR) is 185 cm³/mol. The molecule has 2 radical (unpaired) electrons.